The third-order valence-corrected chi connectivity index (χ3v) is 3.70. The summed E-state index contributed by atoms with van der Waals surface area (Å²) >= 11 is 0. The van der Waals surface area contributed by atoms with E-state index in [-0.39, 0.29) is 11.5 Å². The van der Waals surface area contributed by atoms with Gasteiger partial charge in [0.2, 0.25) is 5.78 Å². The van der Waals surface area contributed by atoms with Crippen molar-refractivity contribution in [3.63, 3.8) is 0 Å². The SMILES string of the molecule is CC1=CC(=C2C(=O)C(c3cc(C)[nH]c3C)=C2O)C(C)=N1. The third-order valence-electron chi connectivity index (χ3n) is 3.70. The summed E-state index contributed by atoms with van der Waals surface area (Å²) in [7, 11) is 0. The zero-order valence-corrected chi connectivity index (χ0v) is 12.0. The van der Waals surface area contributed by atoms with Crippen LogP contribution in [-0.2, 0) is 4.79 Å². The maximum atomic E-state index is 12.4. The Morgan fingerprint density at radius 3 is 2.30 bits per heavy atom. The molecule has 2 N–H and O–H groups in total. The molecule has 4 nitrogen and oxygen atoms in total. The molecule has 0 bridgehead atoms. The molecule has 0 radical (unpaired) electrons. The average Bonchev–Trinajstić information content (AvgIpc) is 2.83. The molecule has 102 valence electrons. The van der Waals surface area contributed by atoms with E-state index in [4.69, 9.17) is 0 Å². The van der Waals surface area contributed by atoms with E-state index in [1.165, 1.54) is 0 Å². The van der Waals surface area contributed by atoms with Gasteiger partial charge in [0, 0.05) is 33.9 Å². The molecule has 2 aliphatic rings. The number of aromatic nitrogens is 1. The molecule has 0 fully saturated rings. The quantitative estimate of drug-likeness (QED) is 0.768. The second-order valence-corrected chi connectivity index (χ2v) is 5.32. The highest BCUT2D eigenvalue weighted by molar-refractivity contribution is 6.41. The normalized spacial score (nSPS) is 22.1. The van der Waals surface area contributed by atoms with E-state index in [2.05, 4.69) is 9.98 Å². The first-order chi connectivity index (χ1) is 9.40. The van der Waals surface area contributed by atoms with Gasteiger partial charge in [0.05, 0.1) is 11.1 Å². The molecule has 0 amide bonds. The topological polar surface area (TPSA) is 65.5 Å². The maximum Gasteiger partial charge on any atom is 0.201 e. The Morgan fingerprint density at radius 2 is 1.85 bits per heavy atom. The highest BCUT2D eigenvalue weighted by Crippen LogP contribution is 2.40. The Balaban J connectivity index is 2.15. The van der Waals surface area contributed by atoms with Gasteiger partial charge >= 0.3 is 0 Å². The lowest BCUT2D eigenvalue weighted by molar-refractivity contribution is -0.111. The number of nitrogens with zero attached hydrogens (tertiary/aromatic N) is 1. The molecule has 1 aromatic rings. The van der Waals surface area contributed by atoms with Crippen LogP contribution in [0.3, 0.4) is 0 Å². The first-order valence-electron chi connectivity index (χ1n) is 6.53. The minimum atomic E-state index is -0.111. The summed E-state index contributed by atoms with van der Waals surface area (Å²) in [5.41, 5.74) is 5.80. The van der Waals surface area contributed by atoms with Gasteiger partial charge in [0.25, 0.3) is 0 Å². The highest BCUT2D eigenvalue weighted by Gasteiger charge is 2.38. The molecule has 3 rings (SSSR count). The Bertz CT molecular complexity index is 770. The number of aromatic amines is 1. The van der Waals surface area contributed by atoms with Gasteiger partial charge in [-0.2, -0.15) is 0 Å². The van der Waals surface area contributed by atoms with Crippen molar-refractivity contribution in [2.75, 3.05) is 0 Å². The van der Waals surface area contributed by atoms with Crippen LogP contribution in [0.25, 0.3) is 5.57 Å². The first-order valence-corrected chi connectivity index (χ1v) is 6.53. The monoisotopic (exact) mass is 268 g/mol. The number of hydrogen-bond donors (Lipinski definition) is 2. The summed E-state index contributed by atoms with van der Waals surface area (Å²) < 4.78 is 0. The van der Waals surface area contributed by atoms with Crippen LogP contribution in [0.15, 0.2) is 39.7 Å². The molecule has 1 aliphatic heterocycles. The first kappa shape index (κ1) is 12.7. The van der Waals surface area contributed by atoms with E-state index in [0.29, 0.717) is 11.1 Å². The molecular formula is C16H16N2O2. The van der Waals surface area contributed by atoms with Gasteiger partial charge in [0.1, 0.15) is 5.76 Å². The molecule has 20 heavy (non-hydrogen) atoms. The highest BCUT2D eigenvalue weighted by atomic mass is 16.3. The van der Waals surface area contributed by atoms with Gasteiger partial charge in [-0.15, -0.1) is 0 Å². The number of carbonyl (C=O) groups is 1. The molecule has 4 heteroatoms. The molecule has 0 unspecified atom stereocenters. The molecule has 1 aliphatic carbocycles. The fraction of sp³-hybridized carbons (Fsp3) is 0.250. The van der Waals surface area contributed by atoms with Crippen molar-refractivity contribution in [3.05, 3.63) is 51.7 Å². The van der Waals surface area contributed by atoms with E-state index >= 15 is 0 Å². The van der Waals surface area contributed by atoms with E-state index in [9.17, 15) is 9.90 Å². The molecule has 2 heterocycles. The number of aliphatic hydroxyl groups excluding tert-OH is 1. The number of aliphatic imine (C=N–C) groups is 1. The summed E-state index contributed by atoms with van der Waals surface area (Å²) in [6.45, 7) is 7.55. The Morgan fingerprint density at radius 1 is 1.15 bits per heavy atom. The summed E-state index contributed by atoms with van der Waals surface area (Å²) in [5.74, 6) is -0.0345. The van der Waals surface area contributed by atoms with Gasteiger partial charge in [-0.3, -0.25) is 9.79 Å². The van der Waals surface area contributed by atoms with Crippen LogP contribution in [-0.4, -0.2) is 21.6 Å². The summed E-state index contributed by atoms with van der Waals surface area (Å²) in [4.78, 5) is 19.8. The number of rotatable bonds is 1. The van der Waals surface area contributed by atoms with E-state index in [0.717, 1.165) is 33.9 Å². The molecule has 0 spiro atoms. The molecule has 1 aromatic heterocycles. The fourth-order valence-electron chi connectivity index (χ4n) is 2.81. The van der Waals surface area contributed by atoms with Crippen molar-refractivity contribution in [2.45, 2.75) is 27.7 Å². The van der Waals surface area contributed by atoms with Gasteiger partial charge in [-0.1, -0.05) is 0 Å². The fourth-order valence-corrected chi connectivity index (χ4v) is 2.81. The predicted molar refractivity (Wildman–Crippen MR) is 78.7 cm³/mol. The summed E-state index contributed by atoms with van der Waals surface area (Å²) in [6, 6.07) is 1.89. The Labute approximate surface area is 117 Å². The number of allylic oxidation sites excluding steroid dienone is 5. The molecule has 0 aromatic carbocycles. The van der Waals surface area contributed by atoms with Gasteiger partial charge < -0.3 is 10.1 Å². The number of nitrogens with one attached hydrogen (secondary N) is 1. The zero-order chi connectivity index (χ0) is 14.6. The van der Waals surface area contributed by atoms with Crippen LogP contribution in [0, 0.1) is 13.8 Å². The van der Waals surface area contributed by atoms with Crippen LogP contribution in [0.4, 0.5) is 0 Å². The smallest absolute Gasteiger partial charge is 0.201 e. The maximum absolute atomic E-state index is 12.4. The van der Waals surface area contributed by atoms with Gasteiger partial charge in [-0.25, -0.2) is 0 Å². The second-order valence-electron chi connectivity index (χ2n) is 5.32. The van der Waals surface area contributed by atoms with Crippen LogP contribution >= 0.6 is 0 Å². The van der Waals surface area contributed by atoms with Crippen molar-refractivity contribution in [3.8, 4) is 0 Å². The number of aliphatic hydroxyl groups is 1. The number of ketones is 1. The minimum absolute atomic E-state index is 0.0765. The zero-order valence-electron chi connectivity index (χ0n) is 12.0. The number of H-pyrrole nitrogens is 1. The van der Waals surface area contributed by atoms with Gasteiger partial charge in [-0.05, 0) is 39.8 Å². The largest absolute Gasteiger partial charge is 0.506 e. The predicted octanol–water partition coefficient (Wildman–Crippen LogP) is 3.16. The average molecular weight is 268 g/mol. The summed E-state index contributed by atoms with van der Waals surface area (Å²) in [5, 5.41) is 10.3. The lowest BCUT2D eigenvalue weighted by Gasteiger charge is -2.23. The van der Waals surface area contributed by atoms with E-state index in [1.807, 2.05) is 39.8 Å². The van der Waals surface area contributed by atoms with Crippen molar-refractivity contribution in [2.24, 2.45) is 4.99 Å². The third kappa shape index (κ3) is 1.61. The van der Waals surface area contributed by atoms with E-state index < -0.39 is 0 Å². The number of Topliss-reactive ketones (excluding diaryl/α,β-unsaturated/α-hetero) is 1. The number of carbonyl (C=O) groups excluding carboxylic acids is 1. The van der Waals surface area contributed by atoms with Crippen LogP contribution in [0.2, 0.25) is 0 Å². The Hall–Kier alpha value is -2.36. The van der Waals surface area contributed by atoms with Crippen LogP contribution < -0.4 is 0 Å². The Kier molecular flexibility index (Phi) is 2.57. The molecule has 0 saturated heterocycles. The standard InChI is InChI=1S/C16H16N2O2/c1-7-5-11(9(3)17-7)13-15(19)14(16(13)20)12-6-8(2)18-10(12)4/h5-6,17,19H,1-4H3. The van der Waals surface area contributed by atoms with Crippen LogP contribution in [0.1, 0.15) is 30.8 Å². The summed E-state index contributed by atoms with van der Waals surface area (Å²) in [6.07, 6.45) is 1.84. The molecular weight excluding hydrogens is 252 g/mol. The minimum Gasteiger partial charge on any atom is -0.506 e. The van der Waals surface area contributed by atoms with Crippen LogP contribution in [0.5, 0.6) is 0 Å². The van der Waals surface area contributed by atoms with Gasteiger partial charge in [0.15, 0.2) is 0 Å². The van der Waals surface area contributed by atoms with Crippen molar-refractivity contribution in [1.82, 2.24) is 4.98 Å². The molecule has 0 atom stereocenters. The second kappa shape index (κ2) is 4.07. The lowest BCUT2D eigenvalue weighted by Crippen LogP contribution is -2.24. The number of hydrogen-bond acceptors (Lipinski definition) is 3. The van der Waals surface area contributed by atoms with Crippen molar-refractivity contribution in [1.29, 1.82) is 0 Å². The van der Waals surface area contributed by atoms with E-state index in [1.54, 1.807) is 0 Å². The van der Waals surface area contributed by atoms with Crippen molar-refractivity contribution < 1.29 is 9.90 Å². The lowest BCUT2D eigenvalue weighted by atomic mass is 9.80. The molecule has 0 saturated carbocycles. The van der Waals surface area contributed by atoms with Crippen molar-refractivity contribution >= 4 is 17.1 Å². The number of aryl methyl sites for hydroxylation is 2.